The van der Waals surface area contributed by atoms with Gasteiger partial charge in [-0.25, -0.2) is 0 Å². The Bertz CT molecular complexity index is 394. The largest absolute Gasteiger partial charge is 0.298 e. The van der Waals surface area contributed by atoms with Crippen molar-refractivity contribution in [2.45, 2.75) is 38.5 Å². The van der Waals surface area contributed by atoms with E-state index in [4.69, 9.17) is 5.26 Å². The molecule has 0 radical (unpaired) electrons. The summed E-state index contributed by atoms with van der Waals surface area (Å²) in [5.74, 6) is -0.0233. The molecule has 1 atom stereocenters. The van der Waals surface area contributed by atoms with Gasteiger partial charge < -0.3 is 0 Å². The number of nitriles is 1. The predicted molar refractivity (Wildman–Crippen MR) is 61.7 cm³/mol. The molecule has 0 N–H and O–H groups in total. The molecule has 1 aromatic rings. The maximum atomic E-state index is 12.0. The van der Waals surface area contributed by atoms with Gasteiger partial charge in [-0.1, -0.05) is 19.4 Å². The lowest BCUT2D eigenvalue weighted by Crippen LogP contribution is -2.32. The molecule has 1 aromatic heterocycles. The van der Waals surface area contributed by atoms with Gasteiger partial charge in [0.25, 0.3) is 0 Å². The smallest absolute Gasteiger partial charge is 0.157 e. The van der Waals surface area contributed by atoms with Crippen molar-refractivity contribution < 1.29 is 4.79 Å². The van der Waals surface area contributed by atoms with Crippen LogP contribution in [0.15, 0.2) is 24.5 Å². The second kappa shape index (κ2) is 5.41. The van der Waals surface area contributed by atoms with Crippen LogP contribution in [0.2, 0.25) is 0 Å². The van der Waals surface area contributed by atoms with Crippen molar-refractivity contribution in [3.8, 4) is 6.07 Å². The zero-order valence-electron chi connectivity index (χ0n) is 9.73. The van der Waals surface area contributed by atoms with Crippen LogP contribution in [0.25, 0.3) is 0 Å². The first kappa shape index (κ1) is 12.4. The fourth-order valence-electron chi connectivity index (χ4n) is 1.90. The molecule has 1 rings (SSSR count). The summed E-state index contributed by atoms with van der Waals surface area (Å²) in [4.78, 5) is 16.0. The fourth-order valence-corrected chi connectivity index (χ4v) is 1.90. The number of aromatic nitrogens is 1. The Morgan fingerprint density at radius 3 is 2.88 bits per heavy atom. The first-order chi connectivity index (χ1) is 7.65. The number of hydrogen-bond acceptors (Lipinski definition) is 3. The highest BCUT2D eigenvalue weighted by Crippen LogP contribution is 2.30. The number of ketones is 1. The minimum absolute atomic E-state index is 0.0233. The van der Waals surface area contributed by atoms with Crippen molar-refractivity contribution in [1.82, 2.24) is 4.98 Å². The van der Waals surface area contributed by atoms with E-state index in [1.165, 1.54) is 0 Å². The van der Waals surface area contributed by atoms with Crippen LogP contribution in [0.4, 0.5) is 0 Å². The van der Waals surface area contributed by atoms with E-state index in [0.717, 1.165) is 18.4 Å². The molecule has 3 nitrogen and oxygen atoms in total. The first-order valence-electron chi connectivity index (χ1n) is 5.46. The van der Waals surface area contributed by atoms with Gasteiger partial charge in [-0.2, -0.15) is 5.26 Å². The van der Waals surface area contributed by atoms with Gasteiger partial charge in [0, 0.05) is 12.4 Å². The second-order valence-electron chi connectivity index (χ2n) is 4.08. The number of Topliss-reactive ketones (excluding diaryl/α,β-unsaturated/α-hetero) is 1. The third-order valence-electron chi connectivity index (χ3n) is 2.90. The Kier molecular flexibility index (Phi) is 4.19. The average molecular weight is 216 g/mol. The molecule has 0 saturated carbocycles. The lowest BCUT2D eigenvalue weighted by atomic mass is 9.75. The lowest BCUT2D eigenvalue weighted by Gasteiger charge is -2.27. The Labute approximate surface area is 96.1 Å². The number of rotatable bonds is 5. The van der Waals surface area contributed by atoms with Gasteiger partial charge in [0.15, 0.2) is 5.78 Å². The van der Waals surface area contributed by atoms with Crippen molar-refractivity contribution >= 4 is 5.78 Å². The van der Waals surface area contributed by atoms with E-state index in [1.807, 2.05) is 32.0 Å². The molecule has 0 aliphatic heterocycles. The summed E-state index contributed by atoms with van der Waals surface area (Å²) < 4.78 is 0. The third kappa shape index (κ3) is 2.46. The van der Waals surface area contributed by atoms with Gasteiger partial charge in [0.05, 0.1) is 17.9 Å². The SMILES string of the molecule is CCCC(C)(C(=O)CC#N)c1cccnc1. The molecule has 0 bridgehead atoms. The van der Waals surface area contributed by atoms with Crippen LogP contribution in [0, 0.1) is 11.3 Å². The van der Waals surface area contributed by atoms with Gasteiger partial charge in [0.1, 0.15) is 0 Å². The molecule has 84 valence electrons. The Morgan fingerprint density at radius 1 is 1.62 bits per heavy atom. The number of carbonyl (C=O) groups is 1. The van der Waals surface area contributed by atoms with Crippen molar-refractivity contribution in [2.24, 2.45) is 0 Å². The van der Waals surface area contributed by atoms with Crippen molar-refractivity contribution in [2.75, 3.05) is 0 Å². The van der Waals surface area contributed by atoms with Crippen LogP contribution in [-0.2, 0) is 10.2 Å². The monoisotopic (exact) mass is 216 g/mol. The Balaban J connectivity index is 3.07. The molecule has 0 spiro atoms. The van der Waals surface area contributed by atoms with E-state index in [-0.39, 0.29) is 12.2 Å². The van der Waals surface area contributed by atoms with Crippen LogP contribution in [0.3, 0.4) is 0 Å². The second-order valence-corrected chi connectivity index (χ2v) is 4.08. The number of nitrogens with zero attached hydrogens (tertiary/aromatic N) is 2. The lowest BCUT2D eigenvalue weighted by molar-refractivity contribution is -0.123. The van der Waals surface area contributed by atoms with Crippen molar-refractivity contribution in [3.63, 3.8) is 0 Å². The predicted octanol–water partition coefficient (Wildman–Crippen LogP) is 2.62. The summed E-state index contributed by atoms with van der Waals surface area (Å²) in [7, 11) is 0. The maximum absolute atomic E-state index is 12.0. The van der Waals surface area contributed by atoms with Gasteiger partial charge in [-0.3, -0.25) is 9.78 Å². The zero-order valence-corrected chi connectivity index (χ0v) is 9.73. The molecule has 0 saturated heterocycles. The van der Waals surface area contributed by atoms with E-state index in [0.29, 0.717) is 0 Å². The summed E-state index contributed by atoms with van der Waals surface area (Å²) in [6.07, 6.45) is 5.02. The number of hydrogen-bond donors (Lipinski definition) is 0. The highest BCUT2D eigenvalue weighted by molar-refractivity contribution is 5.91. The highest BCUT2D eigenvalue weighted by Gasteiger charge is 2.33. The average Bonchev–Trinajstić information content (AvgIpc) is 2.30. The molecule has 0 aliphatic rings. The summed E-state index contributed by atoms with van der Waals surface area (Å²) in [5, 5.41) is 8.63. The molecule has 0 aromatic carbocycles. The standard InChI is InChI=1S/C13H16N2O/c1-3-7-13(2,12(16)6-8-14)11-5-4-9-15-10-11/h4-5,9-10H,3,6-7H2,1-2H3. The van der Waals surface area contributed by atoms with Crippen LogP contribution in [0.5, 0.6) is 0 Å². The van der Waals surface area contributed by atoms with Gasteiger partial charge in [0.2, 0.25) is 0 Å². The van der Waals surface area contributed by atoms with Gasteiger partial charge >= 0.3 is 0 Å². The van der Waals surface area contributed by atoms with Gasteiger partial charge in [-0.15, -0.1) is 0 Å². The minimum atomic E-state index is -0.571. The van der Waals surface area contributed by atoms with Gasteiger partial charge in [-0.05, 0) is 25.0 Å². The van der Waals surface area contributed by atoms with Crippen molar-refractivity contribution in [1.29, 1.82) is 5.26 Å². The van der Waals surface area contributed by atoms with E-state index in [2.05, 4.69) is 4.98 Å². The molecule has 1 unspecified atom stereocenters. The minimum Gasteiger partial charge on any atom is -0.298 e. The topological polar surface area (TPSA) is 53.8 Å². The molecule has 1 heterocycles. The highest BCUT2D eigenvalue weighted by atomic mass is 16.1. The Hall–Kier alpha value is -1.69. The molecule has 0 fully saturated rings. The molecule has 16 heavy (non-hydrogen) atoms. The quantitative estimate of drug-likeness (QED) is 0.760. The summed E-state index contributed by atoms with van der Waals surface area (Å²) in [6, 6.07) is 5.65. The molecule has 0 amide bonds. The van der Waals surface area contributed by atoms with E-state index >= 15 is 0 Å². The van der Waals surface area contributed by atoms with E-state index in [1.54, 1.807) is 12.4 Å². The van der Waals surface area contributed by atoms with Crippen LogP contribution < -0.4 is 0 Å². The normalized spacial score (nSPS) is 13.8. The van der Waals surface area contributed by atoms with Crippen LogP contribution >= 0.6 is 0 Å². The number of carbonyl (C=O) groups excluding carboxylic acids is 1. The molecule has 0 aliphatic carbocycles. The summed E-state index contributed by atoms with van der Waals surface area (Å²) >= 11 is 0. The third-order valence-corrected chi connectivity index (χ3v) is 2.90. The van der Waals surface area contributed by atoms with Crippen molar-refractivity contribution in [3.05, 3.63) is 30.1 Å². The maximum Gasteiger partial charge on any atom is 0.157 e. The summed E-state index contributed by atoms with van der Waals surface area (Å²) in [6.45, 7) is 3.93. The molecular weight excluding hydrogens is 200 g/mol. The van der Waals surface area contributed by atoms with E-state index < -0.39 is 5.41 Å². The first-order valence-corrected chi connectivity index (χ1v) is 5.46. The van der Waals surface area contributed by atoms with E-state index in [9.17, 15) is 4.79 Å². The zero-order chi connectivity index (χ0) is 12.0. The molecule has 3 heteroatoms. The number of pyridine rings is 1. The fraction of sp³-hybridized carbons (Fsp3) is 0.462. The summed E-state index contributed by atoms with van der Waals surface area (Å²) in [5.41, 5.74) is 0.329. The Morgan fingerprint density at radius 2 is 2.38 bits per heavy atom. The van der Waals surface area contributed by atoms with Crippen LogP contribution in [0.1, 0.15) is 38.7 Å². The molecular formula is C13H16N2O. The van der Waals surface area contributed by atoms with Crippen LogP contribution in [-0.4, -0.2) is 10.8 Å².